The molecule has 17 heavy (non-hydrogen) atoms. The molecular weight excluding hydrogens is 214 g/mol. The summed E-state index contributed by atoms with van der Waals surface area (Å²) in [6.45, 7) is 3.97. The van der Waals surface area contributed by atoms with Crippen LogP contribution < -0.4 is 4.90 Å². The Bertz CT molecular complexity index is 442. The van der Waals surface area contributed by atoms with Gasteiger partial charge in [-0.05, 0) is 30.5 Å². The summed E-state index contributed by atoms with van der Waals surface area (Å²) in [5.74, 6) is 0.0332. The van der Waals surface area contributed by atoms with Crippen LogP contribution in [0.2, 0.25) is 0 Å². The van der Waals surface area contributed by atoms with Crippen molar-refractivity contribution in [1.82, 2.24) is 0 Å². The smallest absolute Gasteiger partial charge is 0.234 e. The Kier molecular flexibility index (Phi) is 3.20. The number of rotatable bonds is 3. The number of hydrogen-bond donors (Lipinski definition) is 1. The maximum atomic E-state index is 11.8. The number of nitrogens with zero attached hydrogens (tertiary/aromatic N) is 1. The molecule has 0 spiro atoms. The van der Waals surface area contributed by atoms with Gasteiger partial charge in [-0.1, -0.05) is 25.5 Å². The van der Waals surface area contributed by atoms with Crippen LogP contribution in [0.5, 0.6) is 0 Å². The number of aliphatic hydroxyl groups is 1. The first-order chi connectivity index (χ1) is 8.06. The van der Waals surface area contributed by atoms with Gasteiger partial charge in [-0.15, -0.1) is 0 Å². The van der Waals surface area contributed by atoms with Crippen LogP contribution in [0, 0.1) is 0 Å². The lowest BCUT2D eigenvalue weighted by atomic mass is 9.97. The Morgan fingerprint density at radius 2 is 2.18 bits per heavy atom. The molecule has 1 aromatic carbocycles. The molecule has 0 radical (unpaired) electrons. The summed E-state index contributed by atoms with van der Waals surface area (Å²) in [4.78, 5) is 13.5. The van der Waals surface area contributed by atoms with E-state index < -0.39 is 6.10 Å². The average Bonchev–Trinajstić information content (AvgIpc) is 2.55. The van der Waals surface area contributed by atoms with E-state index in [1.807, 2.05) is 25.1 Å². The zero-order valence-electron chi connectivity index (χ0n) is 10.6. The van der Waals surface area contributed by atoms with Gasteiger partial charge in [0, 0.05) is 12.7 Å². The van der Waals surface area contributed by atoms with E-state index in [0.29, 0.717) is 0 Å². The molecule has 2 unspecified atom stereocenters. The molecule has 3 heteroatoms. The molecule has 1 heterocycles. The van der Waals surface area contributed by atoms with E-state index in [4.69, 9.17) is 0 Å². The summed E-state index contributed by atoms with van der Waals surface area (Å²) in [6.07, 6.45) is 1.29. The molecule has 2 atom stereocenters. The lowest BCUT2D eigenvalue weighted by Gasteiger charge is -2.13. The minimum atomic E-state index is -0.418. The van der Waals surface area contributed by atoms with Crippen molar-refractivity contribution in [2.75, 3.05) is 11.9 Å². The Balaban J connectivity index is 2.36. The van der Waals surface area contributed by atoms with Gasteiger partial charge in [0.15, 0.2) is 0 Å². The fraction of sp³-hybridized carbons (Fsp3) is 0.500. The van der Waals surface area contributed by atoms with Crippen LogP contribution in [0.15, 0.2) is 18.2 Å². The fourth-order valence-corrected chi connectivity index (χ4v) is 2.41. The van der Waals surface area contributed by atoms with Gasteiger partial charge in [-0.3, -0.25) is 4.79 Å². The third-order valence-electron chi connectivity index (χ3n) is 3.53. The number of hydrogen-bond acceptors (Lipinski definition) is 2. The van der Waals surface area contributed by atoms with Gasteiger partial charge >= 0.3 is 0 Å². The van der Waals surface area contributed by atoms with E-state index in [9.17, 15) is 9.90 Å². The third-order valence-corrected chi connectivity index (χ3v) is 3.53. The Morgan fingerprint density at radius 3 is 2.82 bits per heavy atom. The predicted molar refractivity (Wildman–Crippen MR) is 68.1 cm³/mol. The van der Waals surface area contributed by atoms with Crippen LogP contribution in [0.1, 0.15) is 49.8 Å². The van der Waals surface area contributed by atoms with Crippen molar-refractivity contribution in [3.8, 4) is 0 Å². The highest BCUT2D eigenvalue weighted by atomic mass is 16.3. The molecule has 0 saturated carbocycles. The van der Waals surface area contributed by atoms with Crippen molar-refractivity contribution in [3.05, 3.63) is 29.3 Å². The lowest BCUT2D eigenvalue weighted by molar-refractivity contribution is -0.118. The molecule has 3 nitrogen and oxygen atoms in total. The lowest BCUT2D eigenvalue weighted by Crippen LogP contribution is -2.22. The number of aliphatic hydroxyl groups excluding tert-OH is 1. The molecule has 1 amide bonds. The van der Waals surface area contributed by atoms with Crippen LogP contribution in [0.25, 0.3) is 0 Å². The van der Waals surface area contributed by atoms with E-state index in [1.54, 1.807) is 11.9 Å². The standard InChI is InChI=1S/C14H19NO2/c1-4-5-13(16)10-6-7-12-11(8-10)9(2)14(17)15(12)3/h6-9,13,16H,4-5H2,1-3H3. The molecule has 0 aliphatic carbocycles. The SMILES string of the molecule is CCCC(O)c1ccc2c(c1)C(C)C(=O)N2C. The monoisotopic (exact) mass is 233 g/mol. The number of fused-ring (bicyclic) bond motifs is 1. The van der Waals surface area contributed by atoms with Gasteiger partial charge in [0.1, 0.15) is 0 Å². The van der Waals surface area contributed by atoms with Crippen molar-refractivity contribution in [2.24, 2.45) is 0 Å². The summed E-state index contributed by atoms with van der Waals surface area (Å²) in [5, 5.41) is 9.97. The quantitative estimate of drug-likeness (QED) is 0.871. The first-order valence-corrected chi connectivity index (χ1v) is 6.15. The van der Waals surface area contributed by atoms with E-state index in [0.717, 1.165) is 29.7 Å². The molecule has 1 N–H and O–H groups in total. The molecule has 0 bridgehead atoms. The third kappa shape index (κ3) is 1.95. The van der Waals surface area contributed by atoms with Crippen molar-refractivity contribution in [2.45, 2.75) is 38.7 Å². The summed E-state index contributed by atoms with van der Waals surface area (Å²) in [6, 6.07) is 5.83. The second-order valence-electron chi connectivity index (χ2n) is 4.74. The van der Waals surface area contributed by atoms with E-state index >= 15 is 0 Å². The zero-order valence-corrected chi connectivity index (χ0v) is 10.6. The molecule has 0 aromatic heterocycles. The van der Waals surface area contributed by atoms with Crippen molar-refractivity contribution < 1.29 is 9.90 Å². The van der Waals surface area contributed by atoms with Crippen molar-refractivity contribution in [1.29, 1.82) is 0 Å². The van der Waals surface area contributed by atoms with Crippen LogP contribution in [0.3, 0.4) is 0 Å². The van der Waals surface area contributed by atoms with Crippen molar-refractivity contribution >= 4 is 11.6 Å². The summed E-state index contributed by atoms with van der Waals surface area (Å²) >= 11 is 0. The highest BCUT2D eigenvalue weighted by Crippen LogP contribution is 2.37. The number of carbonyl (C=O) groups is 1. The van der Waals surface area contributed by atoms with Gasteiger partial charge in [-0.25, -0.2) is 0 Å². The number of carbonyl (C=O) groups excluding carboxylic acids is 1. The maximum absolute atomic E-state index is 11.8. The van der Waals surface area contributed by atoms with Gasteiger partial charge in [-0.2, -0.15) is 0 Å². The molecule has 92 valence electrons. The van der Waals surface area contributed by atoms with Gasteiger partial charge in [0.25, 0.3) is 0 Å². The maximum Gasteiger partial charge on any atom is 0.234 e. The van der Waals surface area contributed by atoms with Crippen LogP contribution in [-0.2, 0) is 4.79 Å². The van der Waals surface area contributed by atoms with Gasteiger partial charge < -0.3 is 10.0 Å². The summed E-state index contributed by atoms with van der Waals surface area (Å²) < 4.78 is 0. The molecule has 0 fully saturated rings. The fourth-order valence-electron chi connectivity index (χ4n) is 2.41. The summed E-state index contributed by atoms with van der Waals surface area (Å²) in [7, 11) is 1.80. The van der Waals surface area contributed by atoms with E-state index in [-0.39, 0.29) is 11.8 Å². The van der Waals surface area contributed by atoms with E-state index in [1.165, 1.54) is 0 Å². The second kappa shape index (κ2) is 4.49. The first-order valence-electron chi connectivity index (χ1n) is 6.15. The molecule has 1 aromatic rings. The average molecular weight is 233 g/mol. The first kappa shape index (κ1) is 12.1. The van der Waals surface area contributed by atoms with Gasteiger partial charge in [0.05, 0.1) is 12.0 Å². The molecule has 1 aliphatic rings. The Hall–Kier alpha value is -1.35. The second-order valence-corrected chi connectivity index (χ2v) is 4.74. The minimum absolute atomic E-state index is 0.0937. The van der Waals surface area contributed by atoms with Crippen LogP contribution >= 0.6 is 0 Å². The molecule has 2 rings (SSSR count). The van der Waals surface area contributed by atoms with Crippen LogP contribution in [0.4, 0.5) is 5.69 Å². The highest BCUT2D eigenvalue weighted by Gasteiger charge is 2.31. The highest BCUT2D eigenvalue weighted by molar-refractivity contribution is 6.04. The number of amides is 1. The number of benzene rings is 1. The molecular formula is C14H19NO2. The Morgan fingerprint density at radius 1 is 1.47 bits per heavy atom. The predicted octanol–water partition coefficient (Wildman–Crippen LogP) is 2.60. The van der Waals surface area contributed by atoms with Gasteiger partial charge in [0.2, 0.25) is 5.91 Å². The summed E-state index contributed by atoms with van der Waals surface area (Å²) in [5.41, 5.74) is 2.92. The number of likely N-dealkylation sites (N-methyl/N-ethyl adjacent to an activating group) is 1. The Labute approximate surface area is 102 Å². The molecule has 1 aliphatic heterocycles. The number of anilines is 1. The molecule has 0 saturated heterocycles. The normalized spacial score (nSPS) is 20.6. The van der Waals surface area contributed by atoms with Crippen LogP contribution in [-0.4, -0.2) is 18.1 Å². The van der Waals surface area contributed by atoms with E-state index in [2.05, 4.69) is 6.92 Å². The topological polar surface area (TPSA) is 40.5 Å². The largest absolute Gasteiger partial charge is 0.388 e. The zero-order chi connectivity index (χ0) is 12.6. The minimum Gasteiger partial charge on any atom is -0.388 e. The van der Waals surface area contributed by atoms with Crippen molar-refractivity contribution in [3.63, 3.8) is 0 Å².